The van der Waals surface area contributed by atoms with Gasteiger partial charge in [0.15, 0.2) is 5.11 Å². The van der Waals surface area contributed by atoms with Crippen LogP contribution < -0.4 is 15.5 Å². The largest absolute Gasteiger partial charge is 0.497 e. The maximum atomic E-state index is 13.6. The highest BCUT2D eigenvalue weighted by Crippen LogP contribution is 2.13. The average Bonchev–Trinajstić information content (AvgIpc) is 2.55. The summed E-state index contributed by atoms with van der Waals surface area (Å²) in [5, 5.41) is 7.28. The second kappa shape index (κ2) is 8.59. The molecule has 0 spiro atoms. The zero-order chi connectivity index (χ0) is 16.7. The fraction of sp³-hybridized carbons (Fsp3) is 0.125. The molecule has 0 heterocycles. The molecule has 2 aromatic carbocycles. The van der Waals surface area contributed by atoms with E-state index >= 15 is 0 Å². The summed E-state index contributed by atoms with van der Waals surface area (Å²) < 4.78 is 19.4. The fourth-order valence-electron chi connectivity index (χ4n) is 1.73. The third kappa shape index (κ3) is 5.61. The summed E-state index contributed by atoms with van der Waals surface area (Å²) in [5.41, 5.74) is 4.08. The van der Waals surface area contributed by atoms with Gasteiger partial charge in [0.2, 0.25) is 0 Å². The number of thiocarbonyl (C=S) groups is 1. The van der Waals surface area contributed by atoms with Gasteiger partial charge in [0.05, 0.1) is 13.3 Å². The number of halogens is 2. The predicted octanol–water partition coefficient (Wildman–Crippen LogP) is 3.60. The van der Waals surface area contributed by atoms with Crippen molar-refractivity contribution in [2.45, 2.75) is 6.54 Å². The first kappa shape index (κ1) is 17.4. The van der Waals surface area contributed by atoms with E-state index in [9.17, 15) is 4.39 Å². The van der Waals surface area contributed by atoms with Gasteiger partial charge in [-0.15, -0.1) is 0 Å². The Bertz CT molecular complexity index is 707. The number of nitrogens with one attached hydrogen (secondary N) is 2. The number of hydrogen-bond acceptors (Lipinski definition) is 3. The number of rotatable bonds is 5. The van der Waals surface area contributed by atoms with Crippen LogP contribution in [0.15, 0.2) is 52.0 Å². The number of nitrogens with zero attached hydrogens (tertiary/aromatic N) is 1. The van der Waals surface area contributed by atoms with Crippen LogP contribution in [0.5, 0.6) is 5.75 Å². The maximum absolute atomic E-state index is 13.6. The molecule has 120 valence electrons. The molecule has 0 saturated carbocycles. The molecule has 2 rings (SSSR count). The minimum atomic E-state index is -0.359. The number of hydrogen-bond donors (Lipinski definition) is 2. The molecule has 0 amide bonds. The lowest BCUT2D eigenvalue weighted by atomic mass is 10.2. The van der Waals surface area contributed by atoms with Gasteiger partial charge in [-0.2, -0.15) is 5.10 Å². The highest BCUT2D eigenvalue weighted by atomic mass is 79.9. The quantitative estimate of drug-likeness (QED) is 0.461. The lowest BCUT2D eigenvalue weighted by Gasteiger charge is -2.07. The smallest absolute Gasteiger partial charge is 0.187 e. The van der Waals surface area contributed by atoms with Crippen LogP contribution >= 0.6 is 28.1 Å². The summed E-state index contributed by atoms with van der Waals surface area (Å²) in [5.74, 6) is 0.442. The van der Waals surface area contributed by atoms with E-state index in [2.05, 4.69) is 31.8 Å². The normalized spacial score (nSPS) is 10.6. The van der Waals surface area contributed by atoms with Gasteiger partial charge in [0.1, 0.15) is 11.6 Å². The third-order valence-corrected chi connectivity index (χ3v) is 3.67. The van der Waals surface area contributed by atoms with E-state index in [4.69, 9.17) is 17.0 Å². The van der Waals surface area contributed by atoms with Crippen LogP contribution in [-0.2, 0) is 6.54 Å². The fourth-order valence-corrected chi connectivity index (χ4v) is 2.19. The van der Waals surface area contributed by atoms with Gasteiger partial charge < -0.3 is 10.1 Å². The van der Waals surface area contributed by atoms with Crippen molar-refractivity contribution in [1.82, 2.24) is 10.7 Å². The summed E-state index contributed by atoms with van der Waals surface area (Å²) >= 11 is 8.31. The van der Waals surface area contributed by atoms with E-state index in [0.29, 0.717) is 21.7 Å². The molecule has 0 aromatic heterocycles. The molecule has 0 bridgehead atoms. The first-order valence-corrected chi connectivity index (χ1v) is 7.93. The van der Waals surface area contributed by atoms with Crippen LogP contribution in [0.2, 0.25) is 0 Å². The molecule has 0 saturated heterocycles. The van der Waals surface area contributed by atoms with Gasteiger partial charge in [0.25, 0.3) is 0 Å². The van der Waals surface area contributed by atoms with Gasteiger partial charge in [-0.1, -0.05) is 28.1 Å². The Balaban J connectivity index is 1.81. The minimum Gasteiger partial charge on any atom is -0.497 e. The topological polar surface area (TPSA) is 45.6 Å². The van der Waals surface area contributed by atoms with Crippen molar-refractivity contribution in [2.75, 3.05) is 7.11 Å². The Morgan fingerprint density at radius 3 is 2.70 bits per heavy atom. The lowest BCUT2D eigenvalue weighted by Crippen LogP contribution is -2.31. The molecule has 0 aliphatic rings. The molecule has 4 nitrogen and oxygen atoms in total. The van der Waals surface area contributed by atoms with Gasteiger partial charge in [-0.05, 0) is 48.1 Å². The average molecular weight is 396 g/mol. The van der Waals surface area contributed by atoms with Gasteiger partial charge >= 0.3 is 0 Å². The summed E-state index contributed by atoms with van der Waals surface area (Å²) in [6, 6.07) is 12.4. The van der Waals surface area contributed by atoms with Gasteiger partial charge in [-0.3, -0.25) is 5.43 Å². The summed E-state index contributed by atoms with van der Waals surface area (Å²) in [6.45, 7) is 0.554. The molecule has 7 heteroatoms. The molecule has 2 N–H and O–H groups in total. The monoisotopic (exact) mass is 395 g/mol. The van der Waals surface area contributed by atoms with Gasteiger partial charge in [-0.25, -0.2) is 4.39 Å². The maximum Gasteiger partial charge on any atom is 0.187 e. The molecular formula is C16H15BrFN3OS. The molecular weight excluding hydrogens is 381 g/mol. The Morgan fingerprint density at radius 1 is 1.30 bits per heavy atom. The molecule has 2 aromatic rings. The van der Waals surface area contributed by atoms with Crippen molar-refractivity contribution in [1.29, 1.82) is 0 Å². The molecule has 0 aliphatic heterocycles. The molecule has 0 aliphatic carbocycles. The second-order valence-electron chi connectivity index (χ2n) is 4.57. The van der Waals surface area contributed by atoms with Crippen LogP contribution in [0, 0.1) is 5.82 Å². The van der Waals surface area contributed by atoms with Crippen LogP contribution in [0.1, 0.15) is 11.1 Å². The standard InChI is InChI=1S/C16H15BrFN3OS/c1-22-14-6-2-11(3-7-14)9-19-16(23)21-20-10-12-4-5-13(17)8-15(12)18/h2-8,10H,9H2,1H3,(H2,19,21,23)/b20-10-. The van der Waals surface area contributed by atoms with Crippen molar-refractivity contribution >= 4 is 39.5 Å². The summed E-state index contributed by atoms with van der Waals surface area (Å²) in [6.07, 6.45) is 1.38. The van der Waals surface area contributed by atoms with Crippen molar-refractivity contribution in [3.63, 3.8) is 0 Å². The van der Waals surface area contributed by atoms with Crippen LogP contribution in [-0.4, -0.2) is 18.4 Å². The molecule has 0 atom stereocenters. The Hall–Kier alpha value is -1.99. The zero-order valence-corrected chi connectivity index (χ0v) is 14.7. The lowest BCUT2D eigenvalue weighted by molar-refractivity contribution is 0.414. The number of hydrazone groups is 1. The van der Waals surface area contributed by atoms with E-state index in [1.54, 1.807) is 19.2 Å². The predicted molar refractivity (Wildman–Crippen MR) is 97.3 cm³/mol. The molecule has 0 fully saturated rings. The van der Waals surface area contributed by atoms with Crippen LogP contribution in [0.25, 0.3) is 0 Å². The van der Waals surface area contributed by atoms with E-state index in [-0.39, 0.29) is 5.82 Å². The Kier molecular flexibility index (Phi) is 6.49. The number of ether oxygens (including phenoxy) is 1. The number of methoxy groups -OCH3 is 1. The van der Waals surface area contributed by atoms with Crippen molar-refractivity contribution in [2.24, 2.45) is 5.10 Å². The highest BCUT2D eigenvalue weighted by molar-refractivity contribution is 9.10. The third-order valence-electron chi connectivity index (χ3n) is 2.94. The Labute approximate surface area is 147 Å². The number of benzene rings is 2. The SMILES string of the molecule is COc1ccc(CNC(=S)N/N=C\c2ccc(Br)cc2F)cc1. The van der Waals surface area contributed by atoms with E-state index in [0.717, 1.165) is 11.3 Å². The van der Waals surface area contributed by atoms with Crippen molar-refractivity contribution < 1.29 is 9.13 Å². The summed E-state index contributed by atoms with van der Waals surface area (Å²) in [7, 11) is 1.62. The first-order chi connectivity index (χ1) is 11.1. The van der Waals surface area contributed by atoms with E-state index < -0.39 is 0 Å². The van der Waals surface area contributed by atoms with E-state index in [1.165, 1.54) is 12.3 Å². The first-order valence-electron chi connectivity index (χ1n) is 6.73. The Morgan fingerprint density at radius 2 is 2.04 bits per heavy atom. The zero-order valence-electron chi connectivity index (χ0n) is 12.3. The van der Waals surface area contributed by atoms with Crippen LogP contribution in [0.3, 0.4) is 0 Å². The van der Waals surface area contributed by atoms with Crippen molar-refractivity contribution in [3.8, 4) is 5.75 Å². The molecule has 0 radical (unpaired) electrons. The highest BCUT2D eigenvalue weighted by Gasteiger charge is 2.00. The minimum absolute atomic E-state index is 0.356. The van der Waals surface area contributed by atoms with Crippen molar-refractivity contribution in [3.05, 3.63) is 63.9 Å². The molecule has 23 heavy (non-hydrogen) atoms. The summed E-state index contributed by atoms with van der Waals surface area (Å²) in [4.78, 5) is 0. The van der Waals surface area contributed by atoms with Gasteiger partial charge in [0, 0.05) is 16.6 Å². The van der Waals surface area contributed by atoms with Crippen LogP contribution in [0.4, 0.5) is 4.39 Å². The second-order valence-corrected chi connectivity index (χ2v) is 5.89. The molecule has 0 unspecified atom stereocenters. The van der Waals surface area contributed by atoms with E-state index in [1.807, 2.05) is 24.3 Å².